The van der Waals surface area contributed by atoms with Gasteiger partial charge in [0.05, 0.1) is 17.6 Å². The van der Waals surface area contributed by atoms with Crippen LogP contribution in [-0.2, 0) is 17.9 Å². The lowest BCUT2D eigenvalue weighted by Crippen LogP contribution is -2.65. The monoisotopic (exact) mass is 478 g/mol. The number of hydrogen-bond donors (Lipinski definition) is 1. The molecule has 1 aromatic heterocycles. The van der Waals surface area contributed by atoms with Gasteiger partial charge in [0.1, 0.15) is 5.54 Å². The first-order valence-electron chi connectivity index (χ1n) is 12.1. The van der Waals surface area contributed by atoms with Gasteiger partial charge in [-0.1, -0.05) is 68.6 Å². The maximum atomic E-state index is 14.0. The van der Waals surface area contributed by atoms with E-state index in [9.17, 15) is 9.59 Å². The molecule has 2 amide bonds. The van der Waals surface area contributed by atoms with E-state index >= 15 is 0 Å². The number of halogens is 1. The maximum absolute atomic E-state index is 14.0. The molecule has 34 heavy (non-hydrogen) atoms. The minimum atomic E-state index is -1.09. The molecule has 0 saturated heterocycles. The van der Waals surface area contributed by atoms with Crippen LogP contribution in [0.15, 0.2) is 48.5 Å². The molecular weight excluding hydrogens is 448 g/mol. The zero-order valence-electron chi connectivity index (χ0n) is 19.9. The molecule has 5 rings (SSSR count). The number of hydrogen-bond acceptors (Lipinski definition) is 3. The van der Waals surface area contributed by atoms with Gasteiger partial charge in [0, 0.05) is 17.6 Å². The van der Waals surface area contributed by atoms with Crippen LogP contribution in [0, 0.1) is 11.8 Å². The van der Waals surface area contributed by atoms with Crippen molar-refractivity contribution in [2.75, 3.05) is 0 Å². The Morgan fingerprint density at radius 1 is 1.15 bits per heavy atom. The van der Waals surface area contributed by atoms with E-state index in [1.807, 2.05) is 60.0 Å². The first-order chi connectivity index (χ1) is 16.3. The van der Waals surface area contributed by atoms with E-state index in [1.165, 1.54) is 6.42 Å². The Bertz CT molecular complexity index is 1250. The quantitative estimate of drug-likeness (QED) is 0.570. The van der Waals surface area contributed by atoms with Crippen molar-refractivity contribution in [3.8, 4) is 0 Å². The SMILES string of the molecule is C[C@H]1[C@H](C)CCC[C@@H]1NC(=O)[C@@]1(C)Cn2c(nc3ccccc32)C(=O)N1Cc1ccccc1Cl. The third kappa shape index (κ3) is 3.78. The number of rotatable bonds is 4. The highest BCUT2D eigenvalue weighted by Crippen LogP contribution is 2.35. The average Bonchev–Trinajstić information content (AvgIpc) is 3.19. The Hall–Kier alpha value is -2.86. The van der Waals surface area contributed by atoms with E-state index in [1.54, 1.807) is 4.90 Å². The topological polar surface area (TPSA) is 67.2 Å². The number of nitrogens with one attached hydrogen (secondary N) is 1. The number of fused-ring (bicyclic) bond motifs is 3. The van der Waals surface area contributed by atoms with Gasteiger partial charge in [-0.05, 0) is 48.9 Å². The van der Waals surface area contributed by atoms with Gasteiger partial charge in [0.15, 0.2) is 5.82 Å². The third-order valence-corrected chi connectivity index (χ3v) is 8.32. The number of benzene rings is 2. The second kappa shape index (κ2) is 8.73. The molecule has 0 spiro atoms. The van der Waals surface area contributed by atoms with Crippen LogP contribution < -0.4 is 5.32 Å². The minimum Gasteiger partial charge on any atom is -0.351 e. The van der Waals surface area contributed by atoms with Crippen molar-refractivity contribution in [1.29, 1.82) is 0 Å². The third-order valence-electron chi connectivity index (χ3n) is 7.95. The number of nitrogens with zero attached hydrogens (tertiary/aromatic N) is 3. The van der Waals surface area contributed by atoms with Gasteiger partial charge < -0.3 is 14.8 Å². The van der Waals surface area contributed by atoms with Gasteiger partial charge >= 0.3 is 0 Å². The molecule has 1 saturated carbocycles. The Kier molecular flexibility index (Phi) is 5.88. The fourth-order valence-corrected chi connectivity index (χ4v) is 5.68. The standard InChI is InChI=1S/C27H31ClN4O2/c1-17-9-8-13-21(18(17)2)30-26(34)27(3)16-31-23-14-7-6-12-22(23)29-24(31)25(33)32(27)15-19-10-4-5-11-20(19)28/h4-7,10-12,14,17-18,21H,8-9,13,15-16H2,1-3H3,(H,30,34)/t17-,18+,21+,27-/m1/s1. The Labute approximate surface area is 205 Å². The highest BCUT2D eigenvalue weighted by atomic mass is 35.5. The van der Waals surface area contributed by atoms with Gasteiger partial charge in [0.25, 0.3) is 5.91 Å². The van der Waals surface area contributed by atoms with Gasteiger partial charge in [-0.15, -0.1) is 0 Å². The summed E-state index contributed by atoms with van der Waals surface area (Å²) in [5, 5.41) is 3.91. The lowest BCUT2D eigenvalue weighted by molar-refractivity contribution is -0.134. The van der Waals surface area contributed by atoms with Crippen molar-refractivity contribution in [3.05, 3.63) is 64.9 Å². The molecule has 2 aliphatic rings. The maximum Gasteiger partial charge on any atom is 0.291 e. The minimum absolute atomic E-state index is 0.103. The summed E-state index contributed by atoms with van der Waals surface area (Å²) in [6.07, 6.45) is 3.25. The number of aromatic nitrogens is 2. The highest BCUT2D eigenvalue weighted by Gasteiger charge is 2.49. The van der Waals surface area contributed by atoms with Crippen LogP contribution in [0.2, 0.25) is 5.02 Å². The van der Waals surface area contributed by atoms with Gasteiger partial charge in [-0.3, -0.25) is 9.59 Å². The van der Waals surface area contributed by atoms with Crippen molar-refractivity contribution >= 4 is 34.4 Å². The van der Waals surface area contributed by atoms with E-state index in [2.05, 4.69) is 24.1 Å². The molecular formula is C27H31ClN4O2. The summed E-state index contributed by atoms with van der Waals surface area (Å²) in [5.41, 5.74) is 1.33. The van der Waals surface area contributed by atoms with Crippen molar-refractivity contribution < 1.29 is 9.59 Å². The lowest BCUT2D eigenvalue weighted by Gasteiger charge is -2.45. The number of imidazole rings is 1. The number of amides is 2. The summed E-state index contributed by atoms with van der Waals surface area (Å²) in [5.74, 6) is 0.927. The first kappa shape index (κ1) is 22.9. The molecule has 6 nitrogen and oxygen atoms in total. The Morgan fingerprint density at radius 2 is 1.88 bits per heavy atom. The summed E-state index contributed by atoms with van der Waals surface area (Å²) in [7, 11) is 0. The van der Waals surface area contributed by atoms with E-state index in [4.69, 9.17) is 11.6 Å². The zero-order chi connectivity index (χ0) is 24.0. The fraction of sp³-hybridized carbons (Fsp3) is 0.444. The molecule has 1 N–H and O–H groups in total. The highest BCUT2D eigenvalue weighted by molar-refractivity contribution is 6.31. The second-order valence-corrected chi connectivity index (χ2v) is 10.5. The average molecular weight is 479 g/mol. The molecule has 2 heterocycles. The molecule has 178 valence electrons. The summed E-state index contributed by atoms with van der Waals surface area (Å²) in [6, 6.07) is 15.3. The van der Waals surface area contributed by atoms with Crippen LogP contribution >= 0.6 is 11.6 Å². The second-order valence-electron chi connectivity index (χ2n) is 10.1. The van der Waals surface area contributed by atoms with Crippen LogP contribution in [0.5, 0.6) is 0 Å². The largest absolute Gasteiger partial charge is 0.351 e. The molecule has 0 unspecified atom stereocenters. The van der Waals surface area contributed by atoms with Crippen molar-refractivity contribution in [1.82, 2.24) is 19.8 Å². The van der Waals surface area contributed by atoms with E-state index in [0.717, 1.165) is 29.4 Å². The zero-order valence-corrected chi connectivity index (χ0v) is 20.7. The van der Waals surface area contributed by atoms with E-state index < -0.39 is 5.54 Å². The fourth-order valence-electron chi connectivity index (χ4n) is 5.48. The van der Waals surface area contributed by atoms with E-state index in [0.29, 0.717) is 29.2 Å². The van der Waals surface area contributed by atoms with Gasteiger partial charge in [-0.2, -0.15) is 0 Å². The molecule has 3 aromatic rings. The molecule has 2 aromatic carbocycles. The van der Waals surface area contributed by atoms with Crippen molar-refractivity contribution in [3.63, 3.8) is 0 Å². The Balaban J connectivity index is 1.55. The Morgan fingerprint density at radius 3 is 2.68 bits per heavy atom. The van der Waals surface area contributed by atoms with Crippen molar-refractivity contribution in [2.24, 2.45) is 11.8 Å². The normalized spacial score (nSPS) is 27.0. The summed E-state index contributed by atoms with van der Waals surface area (Å²) >= 11 is 6.46. The van der Waals surface area contributed by atoms with E-state index in [-0.39, 0.29) is 24.4 Å². The summed E-state index contributed by atoms with van der Waals surface area (Å²) in [4.78, 5) is 34.1. The first-order valence-corrected chi connectivity index (χ1v) is 12.5. The van der Waals surface area contributed by atoms with Crippen LogP contribution in [0.1, 0.15) is 56.2 Å². The molecule has 1 aliphatic carbocycles. The smallest absolute Gasteiger partial charge is 0.291 e. The molecule has 1 fully saturated rings. The predicted octanol–water partition coefficient (Wildman–Crippen LogP) is 5.05. The van der Waals surface area contributed by atoms with Crippen LogP contribution in [0.25, 0.3) is 11.0 Å². The number of para-hydroxylation sites is 2. The molecule has 0 bridgehead atoms. The lowest BCUT2D eigenvalue weighted by atomic mass is 9.77. The number of carbonyl (C=O) groups is 2. The molecule has 1 aliphatic heterocycles. The predicted molar refractivity (Wildman–Crippen MR) is 134 cm³/mol. The number of carbonyl (C=O) groups excluding carboxylic acids is 2. The van der Waals surface area contributed by atoms with Crippen LogP contribution in [0.3, 0.4) is 0 Å². The molecule has 7 heteroatoms. The van der Waals surface area contributed by atoms with Crippen LogP contribution in [0.4, 0.5) is 0 Å². The molecule has 0 radical (unpaired) electrons. The van der Waals surface area contributed by atoms with Gasteiger partial charge in [0.2, 0.25) is 5.91 Å². The summed E-state index contributed by atoms with van der Waals surface area (Å²) in [6.45, 7) is 6.91. The van der Waals surface area contributed by atoms with Crippen LogP contribution in [-0.4, -0.2) is 37.8 Å². The van der Waals surface area contributed by atoms with Crippen molar-refractivity contribution in [2.45, 2.75) is 64.7 Å². The molecule has 4 atom stereocenters. The van der Waals surface area contributed by atoms with Gasteiger partial charge in [-0.25, -0.2) is 4.98 Å². The summed E-state index contributed by atoms with van der Waals surface area (Å²) < 4.78 is 1.90.